The highest BCUT2D eigenvalue weighted by atomic mass is 16.3. The van der Waals surface area contributed by atoms with Gasteiger partial charge in [-0.3, -0.25) is 19.5 Å². The molecule has 0 saturated carbocycles. The van der Waals surface area contributed by atoms with Crippen LogP contribution in [0.15, 0.2) is 77.7 Å². The van der Waals surface area contributed by atoms with Crippen LogP contribution in [0.1, 0.15) is 17.4 Å². The number of benzene rings is 1. The molecule has 4 rings (SSSR count). The molecular weight excluding hydrogens is 406 g/mol. The molecule has 2 N–H and O–H groups in total. The molecule has 2 aromatic heterocycles. The number of anilines is 1. The van der Waals surface area contributed by atoms with Gasteiger partial charge in [-0.05, 0) is 35.9 Å². The van der Waals surface area contributed by atoms with Crippen molar-refractivity contribution in [3.05, 3.63) is 84.6 Å². The fourth-order valence-electron chi connectivity index (χ4n) is 3.86. The number of nitrogens with zero attached hydrogens (tertiary/aromatic N) is 3. The van der Waals surface area contributed by atoms with E-state index < -0.39 is 11.8 Å². The van der Waals surface area contributed by atoms with Crippen LogP contribution < -0.4 is 15.5 Å². The van der Waals surface area contributed by atoms with E-state index in [2.05, 4.69) is 37.6 Å². The lowest BCUT2D eigenvalue weighted by Crippen LogP contribution is -2.50. The first-order valence-corrected chi connectivity index (χ1v) is 10.7. The lowest BCUT2D eigenvalue weighted by atomic mass is 10.1. The molecule has 3 aromatic rings. The molecule has 0 spiro atoms. The smallest absolute Gasteiger partial charge is 0.309 e. The van der Waals surface area contributed by atoms with Gasteiger partial charge in [0.25, 0.3) is 0 Å². The van der Waals surface area contributed by atoms with Crippen LogP contribution in [0.5, 0.6) is 0 Å². The first-order valence-electron chi connectivity index (χ1n) is 10.7. The van der Waals surface area contributed by atoms with Gasteiger partial charge in [0.1, 0.15) is 5.76 Å². The van der Waals surface area contributed by atoms with Crippen LogP contribution in [0.25, 0.3) is 0 Å². The quantitative estimate of drug-likeness (QED) is 0.554. The van der Waals surface area contributed by atoms with Gasteiger partial charge < -0.3 is 20.0 Å². The van der Waals surface area contributed by atoms with E-state index in [1.165, 1.54) is 5.69 Å². The van der Waals surface area contributed by atoms with E-state index in [9.17, 15) is 9.59 Å². The molecule has 32 heavy (non-hydrogen) atoms. The van der Waals surface area contributed by atoms with Gasteiger partial charge in [0.05, 0.1) is 12.3 Å². The maximum absolute atomic E-state index is 12.4. The highest BCUT2D eigenvalue weighted by Gasteiger charge is 2.28. The molecule has 8 heteroatoms. The van der Waals surface area contributed by atoms with Gasteiger partial charge in [-0.1, -0.05) is 24.3 Å². The Morgan fingerprint density at radius 1 is 0.938 bits per heavy atom. The van der Waals surface area contributed by atoms with Crippen molar-refractivity contribution in [3.63, 3.8) is 0 Å². The van der Waals surface area contributed by atoms with Crippen LogP contribution in [-0.4, -0.2) is 54.4 Å². The number of aromatic nitrogens is 1. The molecule has 0 aliphatic carbocycles. The molecule has 1 aliphatic rings. The van der Waals surface area contributed by atoms with E-state index in [4.69, 9.17) is 4.42 Å². The molecular formula is C24H27N5O3. The Labute approximate surface area is 187 Å². The minimum absolute atomic E-state index is 0.141. The second-order valence-corrected chi connectivity index (χ2v) is 7.64. The summed E-state index contributed by atoms with van der Waals surface area (Å²) >= 11 is 0. The van der Waals surface area contributed by atoms with Crippen molar-refractivity contribution in [1.82, 2.24) is 20.5 Å². The predicted molar refractivity (Wildman–Crippen MR) is 121 cm³/mol. The number of carbonyl (C=O) groups excluding carboxylic acids is 2. The third-order valence-corrected chi connectivity index (χ3v) is 5.59. The Kier molecular flexibility index (Phi) is 7.14. The summed E-state index contributed by atoms with van der Waals surface area (Å²) in [5.41, 5.74) is 2.04. The van der Waals surface area contributed by atoms with E-state index in [0.717, 1.165) is 37.5 Å². The molecule has 1 atom stereocenters. The Bertz CT molecular complexity index is 987. The number of hydrogen-bond donors (Lipinski definition) is 2. The van der Waals surface area contributed by atoms with Gasteiger partial charge in [0.15, 0.2) is 0 Å². The Morgan fingerprint density at radius 2 is 1.72 bits per heavy atom. The number of para-hydroxylation sites is 1. The molecule has 166 valence electrons. The van der Waals surface area contributed by atoms with Gasteiger partial charge in [0.2, 0.25) is 0 Å². The number of rotatable bonds is 7. The number of furan rings is 1. The average molecular weight is 434 g/mol. The zero-order valence-electron chi connectivity index (χ0n) is 17.8. The Hall–Kier alpha value is -3.65. The van der Waals surface area contributed by atoms with Crippen molar-refractivity contribution in [2.24, 2.45) is 0 Å². The summed E-state index contributed by atoms with van der Waals surface area (Å²) in [7, 11) is 0. The topological polar surface area (TPSA) is 90.7 Å². The van der Waals surface area contributed by atoms with Crippen LogP contribution in [0.3, 0.4) is 0 Å². The molecule has 0 bridgehead atoms. The first kappa shape index (κ1) is 21.6. The van der Waals surface area contributed by atoms with Crippen molar-refractivity contribution in [2.75, 3.05) is 37.6 Å². The average Bonchev–Trinajstić information content (AvgIpc) is 3.39. The summed E-state index contributed by atoms with van der Waals surface area (Å²) in [6.45, 7) is 3.94. The number of hydrogen-bond acceptors (Lipinski definition) is 6. The Balaban J connectivity index is 1.32. The first-order chi connectivity index (χ1) is 15.7. The van der Waals surface area contributed by atoms with Gasteiger partial charge in [-0.25, -0.2) is 0 Å². The normalized spacial score (nSPS) is 15.2. The molecule has 1 aliphatic heterocycles. The fraction of sp³-hybridized carbons (Fsp3) is 0.292. The summed E-state index contributed by atoms with van der Waals surface area (Å²) < 4.78 is 5.64. The number of pyridine rings is 1. The zero-order chi connectivity index (χ0) is 22.2. The van der Waals surface area contributed by atoms with Crippen LogP contribution in [-0.2, 0) is 16.1 Å². The lowest BCUT2D eigenvalue weighted by molar-refractivity contribution is -0.139. The molecule has 1 aromatic carbocycles. The number of piperazine rings is 1. The monoisotopic (exact) mass is 433 g/mol. The van der Waals surface area contributed by atoms with Crippen molar-refractivity contribution < 1.29 is 14.0 Å². The number of carbonyl (C=O) groups is 2. The standard InChI is InChI=1S/C24H27N5O3/c30-23(26-17-19-6-4-10-25-16-19)24(31)27-18-21(22-9-5-15-32-22)29-13-11-28(12-14-29)20-7-2-1-3-8-20/h1-10,15-16,21H,11-14,17-18H2,(H,26,30)(H,27,31)/t21-/m1/s1. The van der Waals surface area contributed by atoms with Crippen LogP contribution in [0.2, 0.25) is 0 Å². The number of amides is 2. The van der Waals surface area contributed by atoms with Crippen molar-refractivity contribution in [2.45, 2.75) is 12.6 Å². The SMILES string of the molecule is O=C(NCc1cccnc1)C(=O)NC[C@H](c1ccco1)N1CCN(c2ccccc2)CC1. The summed E-state index contributed by atoms with van der Waals surface area (Å²) in [5.74, 6) is -0.552. The molecule has 1 fully saturated rings. The van der Waals surface area contributed by atoms with E-state index in [0.29, 0.717) is 0 Å². The summed E-state index contributed by atoms with van der Waals surface area (Å²) in [6.07, 6.45) is 4.94. The largest absolute Gasteiger partial charge is 0.468 e. The zero-order valence-corrected chi connectivity index (χ0v) is 17.8. The summed E-state index contributed by atoms with van der Waals surface area (Å²) in [5, 5.41) is 5.39. The lowest BCUT2D eigenvalue weighted by Gasteiger charge is -2.39. The van der Waals surface area contributed by atoms with Crippen molar-refractivity contribution in [1.29, 1.82) is 0 Å². The molecule has 0 unspecified atom stereocenters. The third kappa shape index (κ3) is 5.53. The molecule has 1 saturated heterocycles. The van der Waals surface area contributed by atoms with Gasteiger partial charge >= 0.3 is 11.8 Å². The maximum Gasteiger partial charge on any atom is 0.309 e. The predicted octanol–water partition coefficient (Wildman–Crippen LogP) is 1.97. The molecule has 2 amide bonds. The molecule has 8 nitrogen and oxygen atoms in total. The summed E-state index contributed by atoms with van der Waals surface area (Å²) in [6, 6.07) is 17.6. The van der Waals surface area contributed by atoms with Gasteiger partial charge in [-0.2, -0.15) is 0 Å². The van der Waals surface area contributed by atoms with Crippen LogP contribution in [0, 0.1) is 0 Å². The van der Waals surface area contributed by atoms with E-state index >= 15 is 0 Å². The second kappa shape index (κ2) is 10.6. The van der Waals surface area contributed by atoms with Crippen LogP contribution >= 0.6 is 0 Å². The van der Waals surface area contributed by atoms with E-state index in [-0.39, 0.29) is 19.1 Å². The highest BCUT2D eigenvalue weighted by Crippen LogP contribution is 2.24. The van der Waals surface area contributed by atoms with Gasteiger partial charge in [0, 0.05) is 57.3 Å². The second-order valence-electron chi connectivity index (χ2n) is 7.64. The van der Waals surface area contributed by atoms with Gasteiger partial charge in [-0.15, -0.1) is 0 Å². The van der Waals surface area contributed by atoms with Crippen molar-refractivity contribution in [3.8, 4) is 0 Å². The van der Waals surface area contributed by atoms with Crippen molar-refractivity contribution >= 4 is 17.5 Å². The van der Waals surface area contributed by atoms with E-state index in [1.54, 1.807) is 24.7 Å². The maximum atomic E-state index is 12.4. The fourth-order valence-corrected chi connectivity index (χ4v) is 3.86. The minimum Gasteiger partial charge on any atom is -0.468 e. The van der Waals surface area contributed by atoms with E-state index in [1.807, 2.05) is 36.4 Å². The molecule has 0 radical (unpaired) electrons. The summed E-state index contributed by atoms with van der Waals surface area (Å²) in [4.78, 5) is 33.2. The number of nitrogens with one attached hydrogen (secondary N) is 2. The third-order valence-electron chi connectivity index (χ3n) is 5.59. The van der Waals surface area contributed by atoms with Crippen LogP contribution in [0.4, 0.5) is 5.69 Å². The minimum atomic E-state index is -0.666. The molecule has 3 heterocycles. The highest BCUT2D eigenvalue weighted by molar-refractivity contribution is 6.35. The Morgan fingerprint density at radius 3 is 2.41 bits per heavy atom.